The Balaban J connectivity index is 1.59. The van der Waals surface area contributed by atoms with E-state index in [0.29, 0.717) is 5.90 Å². The lowest BCUT2D eigenvalue weighted by Gasteiger charge is -2.25. The van der Waals surface area contributed by atoms with Crippen LogP contribution in [0.4, 0.5) is 0 Å². The third-order valence-corrected chi connectivity index (χ3v) is 4.50. The standard InChI is InChI=1S/C16H17NO3/c18-15-16(8-4-1-5-9-16)17-14(20-15)13-10-11-6-2-3-7-12(11)19-13/h2-3,6-7,13H,1,4-5,8-10H2/t13-/m0/s1. The van der Waals surface area contributed by atoms with E-state index in [1.807, 2.05) is 24.3 Å². The van der Waals surface area contributed by atoms with Gasteiger partial charge in [-0.15, -0.1) is 0 Å². The maximum absolute atomic E-state index is 12.2. The van der Waals surface area contributed by atoms with Gasteiger partial charge in [-0.1, -0.05) is 37.5 Å². The molecule has 1 fully saturated rings. The van der Waals surface area contributed by atoms with Crippen LogP contribution in [-0.4, -0.2) is 23.5 Å². The molecule has 0 unspecified atom stereocenters. The summed E-state index contributed by atoms with van der Waals surface area (Å²) in [4.78, 5) is 16.8. The predicted molar refractivity (Wildman–Crippen MR) is 73.9 cm³/mol. The van der Waals surface area contributed by atoms with Crippen LogP contribution in [0.3, 0.4) is 0 Å². The van der Waals surface area contributed by atoms with E-state index in [0.717, 1.165) is 43.4 Å². The van der Waals surface area contributed by atoms with Gasteiger partial charge < -0.3 is 9.47 Å². The largest absolute Gasteiger partial charge is 0.480 e. The fraction of sp³-hybridized carbons (Fsp3) is 0.500. The first kappa shape index (κ1) is 11.9. The number of nitrogens with zero attached hydrogens (tertiary/aromatic N) is 1. The molecule has 104 valence electrons. The van der Waals surface area contributed by atoms with Gasteiger partial charge in [0.25, 0.3) is 0 Å². The Morgan fingerprint density at radius 3 is 2.75 bits per heavy atom. The number of carbonyl (C=O) groups is 1. The van der Waals surface area contributed by atoms with E-state index in [2.05, 4.69) is 4.99 Å². The van der Waals surface area contributed by atoms with Crippen LogP contribution in [0.25, 0.3) is 0 Å². The Bertz CT molecular complexity index is 562. The number of carbonyl (C=O) groups excluding carboxylic acids is 1. The maximum atomic E-state index is 12.2. The monoisotopic (exact) mass is 271 g/mol. The molecule has 0 saturated heterocycles. The van der Waals surface area contributed by atoms with Gasteiger partial charge in [-0.05, 0) is 24.5 Å². The lowest BCUT2D eigenvalue weighted by Crippen LogP contribution is -2.35. The molecule has 1 saturated carbocycles. The topological polar surface area (TPSA) is 47.9 Å². The van der Waals surface area contributed by atoms with E-state index in [4.69, 9.17) is 9.47 Å². The zero-order valence-electron chi connectivity index (χ0n) is 11.3. The van der Waals surface area contributed by atoms with E-state index < -0.39 is 5.54 Å². The number of esters is 1. The highest BCUT2D eigenvalue weighted by molar-refractivity contribution is 6.02. The molecule has 0 bridgehead atoms. The second-order valence-electron chi connectivity index (χ2n) is 5.85. The molecular formula is C16H17NO3. The van der Waals surface area contributed by atoms with Crippen molar-refractivity contribution in [3.8, 4) is 5.75 Å². The third-order valence-electron chi connectivity index (χ3n) is 4.50. The maximum Gasteiger partial charge on any atom is 0.340 e. The lowest BCUT2D eigenvalue weighted by molar-refractivity contribution is -0.140. The van der Waals surface area contributed by atoms with Crippen molar-refractivity contribution in [1.82, 2.24) is 0 Å². The van der Waals surface area contributed by atoms with Gasteiger partial charge in [-0.2, -0.15) is 0 Å². The normalized spacial score (nSPS) is 26.9. The van der Waals surface area contributed by atoms with Crippen molar-refractivity contribution in [2.45, 2.75) is 50.2 Å². The number of benzene rings is 1. The van der Waals surface area contributed by atoms with E-state index in [-0.39, 0.29) is 12.1 Å². The van der Waals surface area contributed by atoms with Gasteiger partial charge in [-0.3, -0.25) is 0 Å². The van der Waals surface area contributed by atoms with Crippen LogP contribution in [-0.2, 0) is 16.0 Å². The smallest absolute Gasteiger partial charge is 0.340 e. The van der Waals surface area contributed by atoms with Gasteiger partial charge >= 0.3 is 5.97 Å². The lowest BCUT2D eigenvalue weighted by atomic mass is 9.83. The number of hydrogen-bond donors (Lipinski definition) is 0. The molecule has 0 aromatic heterocycles. The summed E-state index contributed by atoms with van der Waals surface area (Å²) in [5.41, 5.74) is 0.548. The van der Waals surface area contributed by atoms with Crippen molar-refractivity contribution in [2.75, 3.05) is 0 Å². The van der Waals surface area contributed by atoms with Crippen molar-refractivity contribution in [3.63, 3.8) is 0 Å². The summed E-state index contributed by atoms with van der Waals surface area (Å²) in [6.07, 6.45) is 5.42. The summed E-state index contributed by atoms with van der Waals surface area (Å²) in [6.45, 7) is 0. The third kappa shape index (κ3) is 1.74. The first-order valence-electron chi connectivity index (χ1n) is 7.33. The van der Waals surface area contributed by atoms with Crippen LogP contribution < -0.4 is 4.74 Å². The van der Waals surface area contributed by atoms with E-state index in [9.17, 15) is 4.79 Å². The van der Waals surface area contributed by atoms with Gasteiger partial charge in [0, 0.05) is 6.42 Å². The highest BCUT2D eigenvalue weighted by Gasteiger charge is 2.48. The van der Waals surface area contributed by atoms with Crippen LogP contribution in [0.5, 0.6) is 5.75 Å². The Labute approximate surface area is 117 Å². The SMILES string of the molecule is O=C1OC([C@@H]2Cc3ccccc3O2)=NC12CCCCC2. The molecule has 0 amide bonds. The number of rotatable bonds is 1. The second-order valence-corrected chi connectivity index (χ2v) is 5.85. The summed E-state index contributed by atoms with van der Waals surface area (Å²) >= 11 is 0. The van der Waals surface area contributed by atoms with Gasteiger partial charge in [-0.25, -0.2) is 9.79 Å². The molecule has 1 aromatic carbocycles. The summed E-state index contributed by atoms with van der Waals surface area (Å²) in [5, 5.41) is 0. The van der Waals surface area contributed by atoms with Crippen LogP contribution in [0.2, 0.25) is 0 Å². The highest BCUT2D eigenvalue weighted by Crippen LogP contribution is 2.38. The van der Waals surface area contributed by atoms with Gasteiger partial charge in [0.15, 0.2) is 11.6 Å². The minimum absolute atomic E-state index is 0.174. The molecule has 4 rings (SSSR count). The van der Waals surface area contributed by atoms with Crippen LogP contribution >= 0.6 is 0 Å². The Morgan fingerprint density at radius 1 is 1.15 bits per heavy atom. The fourth-order valence-electron chi connectivity index (χ4n) is 3.38. The zero-order chi connectivity index (χ0) is 13.6. The first-order valence-corrected chi connectivity index (χ1v) is 7.33. The zero-order valence-corrected chi connectivity index (χ0v) is 11.3. The van der Waals surface area contributed by atoms with Crippen molar-refractivity contribution >= 4 is 11.9 Å². The minimum Gasteiger partial charge on any atom is -0.480 e. The van der Waals surface area contributed by atoms with Crippen molar-refractivity contribution in [3.05, 3.63) is 29.8 Å². The molecule has 1 atom stereocenters. The molecule has 1 aliphatic carbocycles. The van der Waals surface area contributed by atoms with Crippen molar-refractivity contribution in [2.24, 2.45) is 4.99 Å². The molecule has 0 N–H and O–H groups in total. The number of ether oxygens (including phenoxy) is 2. The molecule has 2 aliphatic heterocycles. The minimum atomic E-state index is -0.605. The van der Waals surface area contributed by atoms with Crippen LogP contribution in [0, 0.1) is 0 Å². The summed E-state index contributed by atoms with van der Waals surface area (Å²) in [5.74, 6) is 1.18. The number of aliphatic imine (C=N–C) groups is 1. The molecule has 4 heteroatoms. The molecule has 0 radical (unpaired) electrons. The number of cyclic esters (lactones) is 1. The molecule has 3 aliphatic rings. The van der Waals surface area contributed by atoms with E-state index in [1.165, 1.54) is 6.42 Å². The summed E-state index contributed by atoms with van der Waals surface area (Å²) in [6, 6.07) is 7.94. The molecule has 1 aromatic rings. The Kier molecular flexibility index (Phi) is 2.59. The van der Waals surface area contributed by atoms with E-state index >= 15 is 0 Å². The quantitative estimate of drug-likeness (QED) is 0.738. The summed E-state index contributed by atoms with van der Waals surface area (Å²) in [7, 11) is 0. The van der Waals surface area contributed by atoms with Gasteiger partial charge in [0.05, 0.1) is 0 Å². The van der Waals surface area contributed by atoms with Gasteiger partial charge in [0.2, 0.25) is 5.90 Å². The van der Waals surface area contributed by atoms with Crippen LogP contribution in [0.15, 0.2) is 29.3 Å². The highest BCUT2D eigenvalue weighted by atomic mass is 16.6. The Hall–Kier alpha value is -1.84. The fourth-order valence-corrected chi connectivity index (χ4v) is 3.38. The second kappa shape index (κ2) is 4.33. The Morgan fingerprint density at radius 2 is 1.95 bits per heavy atom. The van der Waals surface area contributed by atoms with Crippen LogP contribution in [0.1, 0.15) is 37.7 Å². The molecule has 2 heterocycles. The van der Waals surface area contributed by atoms with Gasteiger partial charge in [0.1, 0.15) is 5.75 Å². The number of hydrogen-bond acceptors (Lipinski definition) is 4. The van der Waals surface area contributed by atoms with Crippen molar-refractivity contribution < 1.29 is 14.3 Å². The average Bonchev–Trinajstić information content (AvgIpc) is 3.03. The average molecular weight is 271 g/mol. The molecular weight excluding hydrogens is 254 g/mol. The first-order chi connectivity index (χ1) is 9.77. The number of para-hydroxylation sites is 1. The molecule has 1 spiro atoms. The predicted octanol–water partition coefficient (Wildman–Crippen LogP) is 2.65. The molecule has 20 heavy (non-hydrogen) atoms. The summed E-state index contributed by atoms with van der Waals surface area (Å²) < 4.78 is 11.3. The van der Waals surface area contributed by atoms with Crippen molar-refractivity contribution in [1.29, 1.82) is 0 Å². The van der Waals surface area contributed by atoms with E-state index in [1.54, 1.807) is 0 Å². The number of fused-ring (bicyclic) bond motifs is 1. The molecule has 4 nitrogen and oxygen atoms in total.